The van der Waals surface area contributed by atoms with Crippen LogP contribution in [-0.4, -0.2) is 16.1 Å². The Hall–Kier alpha value is -1.95. The van der Waals surface area contributed by atoms with Gasteiger partial charge >= 0.3 is 5.97 Å². The highest BCUT2D eigenvalue weighted by Crippen LogP contribution is 2.22. The van der Waals surface area contributed by atoms with Crippen molar-refractivity contribution < 1.29 is 14.3 Å². The fraction of sp³-hybridized carbons (Fsp3) is 0.167. The summed E-state index contributed by atoms with van der Waals surface area (Å²) < 4.78 is 13.3. The van der Waals surface area contributed by atoms with Gasteiger partial charge in [-0.2, -0.15) is 0 Å². The standard InChI is InChI=1S/C12H11FN2O2S/c1-7-2-3-8(4-10(7)13)14-12-15-9(6-18-12)5-11(16)17/h2-4,6H,5H2,1H3,(H,14,15)(H,16,17). The third-order valence-electron chi connectivity index (χ3n) is 2.31. The number of aliphatic carboxylic acids is 1. The minimum absolute atomic E-state index is 0.111. The van der Waals surface area contributed by atoms with E-state index in [1.54, 1.807) is 24.4 Å². The van der Waals surface area contributed by atoms with E-state index >= 15 is 0 Å². The van der Waals surface area contributed by atoms with Gasteiger partial charge in [-0.3, -0.25) is 4.79 Å². The van der Waals surface area contributed by atoms with Crippen molar-refractivity contribution in [2.45, 2.75) is 13.3 Å². The lowest BCUT2D eigenvalue weighted by Gasteiger charge is -2.03. The van der Waals surface area contributed by atoms with Crippen LogP contribution in [0, 0.1) is 12.7 Å². The zero-order valence-corrected chi connectivity index (χ0v) is 10.4. The molecule has 1 heterocycles. The van der Waals surface area contributed by atoms with Crippen LogP contribution in [0.15, 0.2) is 23.6 Å². The van der Waals surface area contributed by atoms with Gasteiger partial charge in [0.25, 0.3) is 0 Å². The first-order valence-electron chi connectivity index (χ1n) is 5.24. The molecule has 1 aromatic carbocycles. The first-order chi connectivity index (χ1) is 8.54. The van der Waals surface area contributed by atoms with Crippen molar-refractivity contribution in [2.24, 2.45) is 0 Å². The summed E-state index contributed by atoms with van der Waals surface area (Å²) in [6.07, 6.45) is -0.111. The maximum Gasteiger partial charge on any atom is 0.309 e. The number of anilines is 2. The molecule has 0 radical (unpaired) electrons. The molecule has 0 aliphatic heterocycles. The maximum absolute atomic E-state index is 13.3. The summed E-state index contributed by atoms with van der Waals surface area (Å²) in [5.74, 6) is -1.21. The van der Waals surface area contributed by atoms with E-state index in [0.717, 1.165) is 0 Å². The van der Waals surface area contributed by atoms with Crippen LogP contribution in [0.25, 0.3) is 0 Å². The number of nitrogens with one attached hydrogen (secondary N) is 1. The van der Waals surface area contributed by atoms with Crippen LogP contribution in [0.4, 0.5) is 15.2 Å². The largest absolute Gasteiger partial charge is 0.481 e. The second kappa shape index (κ2) is 5.14. The van der Waals surface area contributed by atoms with Crippen molar-refractivity contribution in [1.29, 1.82) is 0 Å². The number of hydrogen-bond acceptors (Lipinski definition) is 4. The molecule has 0 bridgehead atoms. The predicted octanol–water partition coefficient (Wildman–Crippen LogP) is 2.96. The molecular weight excluding hydrogens is 255 g/mol. The zero-order valence-electron chi connectivity index (χ0n) is 9.61. The van der Waals surface area contributed by atoms with Crippen LogP contribution in [0.3, 0.4) is 0 Å². The predicted molar refractivity (Wildman–Crippen MR) is 67.9 cm³/mol. The Morgan fingerprint density at radius 2 is 2.33 bits per heavy atom. The quantitative estimate of drug-likeness (QED) is 0.893. The van der Waals surface area contributed by atoms with Crippen LogP contribution >= 0.6 is 11.3 Å². The van der Waals surface area contributed by atoms with Gasteiger partial charge < -0.3 is 10.4 Å². The van der Waals surface area contributed by atoms with Crippen LogP contribution in [0.2, 0.25) is 0 Å². The summed E-state index contributed by atoms with van der Waals surface area (Å²) in [6, 6.07) is 4.80. The van der Waals surface area contributed by atoms with Crippen molar-refractivity contribution in [2.75, 3.05) is 5.32 Å². The van der Waals surface area contributed by atoms with E-state index in [9.17, 15) is 9.18 Å². The van der Waals surface area contributed by atoms with Crippen LogP contribution in [-0.2, 0) is 11.2 Å². The fourth-order valence-corrected chi connectivity index (χ4v) is 2.13. The van der Waals surface area contributed by atoms with E-state index in [4.69, 9.17) is 5.11 Å². The van der Waals surface area contributed by atoms with Gasteiger partial charge in [-0.15, -0.1) is 11.3 Å². The Kier molecular flexibility index (Phi) is 3.57. The lowest BCUT2D eigenvalue weighted by molar-refractivity contribution is -0.136. The van der Waals surface area contributed by atoms with Crippen LogP contribution in [0.1, 0.15) is 11.3 Å². The lowest BCUT2D eigenvalue weighted by atomic mass is 10.2. The molecule has 6 heteroatoms. The molecule has 0 fully saturated rings. The summed E-state index contributed by atoms with van der Waals surface area (Å²) in [5.41, 5.74) is 1.66. The maximum atomic E-state index is 13.3. The van der Waals surface area contributed by atoms with Crippen LogP contribution in [0.5, 0.6) is 0 Å². The summed E-state index contributed by atoms with van der Waals surface area (Å²) in [7, 11) is 0. The van der Waals surface area contributed by atoms with E-state index in [0.29, 0.717) is 22.1 Å². The van der Waals surface area contributed by atoms with E-state index in [1.807, 2.05) is 0 Å². The second-order valence-corrected chi connectivity index (χ2v) is 4.66. The molecule has 0 spiro atoms. The number of carbonyl (C=O) groups is 1. The average molecular weight is 266 g/mol. The van der Waals surface area contributed by atoms with E-state index in [-0.39, 0.29) is 12.2 Å². The number of benzene rings is 1. The average Bonchev–Trinajstić information content (AvgIpc) is 2.70. The topological polar surface area (TPSA) is 62.2 Å². The third kappa shape index (κ3) is 3.04. The molecule has 2 N–H and O–H groups in total. The molecule has 2 rings (SSSR count). The van der Waals surface area contributed by atoms with E-state index < -0.39 is 5.97 Å². The van der Waals surface area contributed by atoms with Gasteiger partial charge in [0.15, 0.2) is 5.13 Å². The number of hydrogen-bond donors (Lipinski definition) is 2. The molecule has 0 saturated carbocycles. The molecule has 1 aromatic heterocycles. The van der Waals surface area contributed by atoms with Gasteiger partial charge in [0.05, 0.1) is 12.1 Å². The smallest absolute Gasteiger partial charge is 0.309 e. The number of nitrogens with zero attached hydrogens (tertiary/aromatic N) is 1. The Bertz CT molecular complexity index is 583. The Morgan fingerprint density at radius 1 is 1.56 bits per heavy atom. The molecular formula is C12H11FN2O2S. The first-order valence-corrected chi connectivity index (χ1v) is 6.12. The van der Waals surface area contributed by atoms with Gasteiger partial charge in [-0.25, -0.2) is 9.37 Å². The lowest BCUT2D eigenvalue weighted by Crippen LogP contribution is -2.00. The fourth-order valence-electron chi connectivity index (χ4n) is 1.39. The number of halogens is 1. The molecule has 0 unspecified atom stereocenters. The van der Waals surface area contributed by atoms with Gasteiger partial charge in [-0.1, -0.05) is 6.07 Å². The monoisotopic (exact) mass is 266 g/mol. The van der Waals surface area contributed by atoms with Gasteiger partial charge in [0.1, 0.15) is 5.82 Å². The van der Waals surface area contributed by atoms with Gasteiger partial charge in [0, 0.05) is 11.1 Å². The van der Waals surface area contributed by atoms with E-state index in [1.165, 1.54) is 17.4 Å². The highest BCUT2D eigenvalue weighted by atomic mass is 32.1. The molecule has 18 heavy (non-hydrogen) atoms. The molecule has 0 saturated heterocycles. The number of carboxylic acids is 1. The molecule has 0 aliphatic carbocycles. The summed E-state index contributed by atoms with van der Waals surface area (Å²) in [6.45, 7) is 1.69. The summed E-state index contributed by atoms with van der Waals surface area (Å²) in [4.78, 5) is 14.6. The first kappa shape index (κ1) is 12.5. The SMILES string of the molecule is Cc1ccc(Nc2nc(CC(=O)O)cs2)cc1F. The van der Waals surface area contributed by atoms with E-state index in [2.05, 4.69) is 10.3 Å². The van der Waals surface area contributed by atoms with Gasteiger partial charge in [0.2, 0.25) is 0 Å². The molecule has 0 aliphatic rings. The molecule has 94 valence electrons. The van der Waals surface area contributed by atoms with Crippen molar-refractivity contribution in [3.05, 3.63) is 40.7 Å². The summed E-state index contributed by atoms with van der Waals surface area (Å²) in [5, 5.41) is 13.8. The Morgan fingerprint density at radius 3 is 3.00 bits per heavy atom. The summed E-state index contributed by atoms with van der Waals surface area (Å²) >= 11 is 1.29. The third-order valence-corrected chi connectivity index (χ3v) is 3.11. The highest BCUT2D eigenvalue weighted by Gasteiger charge is 2.07. The minimum Gasteiger partial charge on any atom is -0.481 e. The van der Waals surface area contributed by atoms with Crippen molar-refractivity contribution in [1.82, 2.24) is 4.98 Å². The normalized spacial score (nSPS) is 10.3. The molecule has 4 nitrogen and oxygen atoms in total. The second-order valence-electron chi connectivity index (χ2n) is 3.80. The van der Waals surface area contributed by atoms with Crippen molar-refractivity contribution in [3.8, 4) is 0 Å². The minimum atomic E-state index is -0.923. The Labute approximate surface area is 107 Å². The van der Waals surface area contributed by atoms with Crippen LogP contribution < -0.4 is 5.32 Å². The zero-order chi connectivity index (χ0) is 13.1. The van der Waals surface area contributed by atoms with Crippen molar-refractivity contribution >= 4 is 28.1 Å². The number of thiazole rings is 1. The molecule has 0 amide bonds. The highest BCUT2D eigenvalue weighted by molar-refractivity contribution is 7.13. The molecule has 0 atom stereocenters. The van der Waals surface area contributed by atoms with Crippen molar-refractivity contribution in [3.63, 3.8) is 0 Å². The van der Waals surface area contributed by atoms with Gasteiger partial charge in [-0.05, 0) is 24.6 Å². The molecule has 2 aromatic rings. The number of aryl methyl sites for hydroxylation is 1. The number of aromatic nitrogens is 1. The number of carboxylic acid groups (broad SMARTS) is 1. The Balaban J connectivity index is 2.11. The number of rotatable bonds is 4.